The van der Waals surface area contributed by atoms with Gasteiger partial charge in [-0.1, -0.05) is 24.3 Å². The summed E-state index contributed by atoms with van der Waals surface area (Å²) in [5.41, 5.74) is 2.79. The van der Waals surface area contributed by atoms with Crippen LogP contribution in [0.1, 0.15) is 51.9 Å². The number of hydrogen-bond acceptors (Lipinski definition) is 6. The summed E-state index contributed by atoms with van der Waals surface area (Å²) in [6.07, 6.45) is 5.24. The second-order valence-corrected chi connectivity index (χ2v) is 8.59. The molecule has 1 N–H and O–H groups in total. The topological polar surface area (TPSA) is 107 Å². The third kappa shape index (κ3) is 4.25. The number of rotatable bonds is 5. The molecule has 0 atom stereocenters. The van der Waals surface area contributed by atoms with E-state index in [-0.39, 0.29) is 11.4 Å². The van der Waals surface area contributed by atoms with Crippen LogP contribution in [0.15, 0.2) is 46.4 Å². The summed E-state index contributed by atoms with van der Waals surface area (Å²) >= 11 is 1.42. The zero-order valence-electron chi connectivity index (χ0n) is 17.4. The lowest BCUT2D eigenvalue weighted by Gasteiger charge is -2.09. The predicted octanol–water partition coefficient (Wildman–Crippen LogP) is 5.51. The smallest absolute Gasteiger partial charge is 0.267 e. The molecule has 0 radical (unpaired) electrons. The SMILES string of the molecule is CC(=O)c1ccc(-c2ccc(/C=C(\C#N)C(=O)Nc3sc4c(c3C#N)CCCC4)o2)cc1. The molecule has 3 aromatic rings. The van der Waals surface area contributed by atoms with Gasteiger partial charge in [-0.3, -0.25) is 9.59 Å². The zero-order valence-corrected chi connectivity index (χ0v) is 18.2. The van der Waals surface area contributed by atoms with Gasteiger partial charge in [-0.2, -0.15) is 10.5 Å². The highest BCUT2D eigenvalue weighted by atomic mass is 32.1. The van der Waals surface area contributed by atoms with Gasteiger partial charge in [0, 0.05) is 22.1 Å². The fourth-order valence-corrected chi connectivity index (χ4v) is 4.92. The molecule has 1 aliphatic rings. The average molecular weight is 442 g/mol. The fraction of sp³-hybridized carbons (Fsp3) is 0.200. The van der Waals surface area contributed by atoms with Crippen molar-refractivity contribution in [1.82, 2.24) is 0 Å². The van der Waals surface area contributed by atoms with Gasteiger partial charge in [0.25, 0.3) is 5.91 Å². The first-order chi connectivity index (χ1) is 15.5. The molecule has 0 saturated carbocycles. The number of nitrogens with zero attached hydrogens (tertiary/aromatic N) is 2. The molecular formula is C25H19N3O3S. The number of hydrogen-bond donors (Lipinski definition) is 1. The normalized spacial score (nSPS) is 13.0. The fourth-order valence-electron chi connectivity index (χ4n) is 3.69. The first-order valence-electron chi connectivity index (χ1n) is 10.2. The molecule has 1 amide bonds. The number of aryl methyl sites for hydroxylation is 1. The van der Waals surface area contributed by atoms with Crippen molar-refractivity contribution in [3.63, 3.8) is 0 Å². The van der Waals surface area contributed by atoms with Crippen molar-refractivity contribution in [1.29, 1.82) is 10.5 Å². The molecule has 32 heavy (non-hydrogen) atoms. The van der Waals surface area contributed by atoms with E-state index in [0.29, 0.717) is 27.6 Å². The second-order valence-electron chi connectivity index (χ2n) is 7.49. The van der Waals surface area contributed by atoms with Crippen molar-refractivity contribution < 1.29 is 14.0 Å². The first kappa shape index (κ1) is 21.3. The van der Waals surface area contributed by atoms with Crippen LogP contribution in [0, 0.1) is 22.7 Å². The Morgan fingerprint density at radius 3 is 2.53 bits per heavy atom. The monoisotopic (exact) mass is 441 g/mol. The second kappa shape index (κ2) is 9.05. The molecule has 0 spiro atoms. The minimum atomic E-state index is -0.577. The Hall–Kier alpha value is -3.94. The Kier molecular flexibility index (Phi) is 6.02. The number of ketones is 1. The van der Waals surface area contributed by atoms with E-state index in [2.05, 4.69) is 11.4 Å². The van der Waals surface area contributed by atoms with Crippen molar-refractivity contribution >= 4 is 34.1 Å². The lowest BCUT2D eigenvalue weighted by Crippen LogP contribution is -2.13. The predicted molar refractivity (Wildman–Crippen MR) is 122 cm³/mol. The number of Topliss-reactive ketones (excluding diaryl/α,β-unsaturated/α-hetero) is 1. The van der Waals surface area contributed by atoms with Crippen molar-refractivity contribution in [2.24, 2.45) is 0 Å². The summed E-state index contributed by atoms with van der Waals surface area (Å²) in [4.78, 5) is 25.3. The van der Waals surface area contributed by atoms with Gasteiger partial charge in [0.1, 0.15) is 34.2 Å². The standard InChI is InChI=1S/C25H19N3O3S/c1-15(29)16-6-8-17(9-7-16)22-11-10-19(31-22)12-18(13-26)24(30)28-25-21(14-27)20-4-2-3-5-23(20)32-25/h6-12H,2-5H2,1H3,(H,28,30)/b18-12+. The Bertz CT molecular complexity index is 1310. The third-order valence-electron chi connectivity index (χ3n) is 5.36. The van der Waals surface area contributed by atoms with E-state index in [1.807, 2.05) is 6.07 Å². The highest BCUT2D eigenvalue weighted by Crippen LogP contribution is 2.37. The van der Waals surface area contributed by atoms with E-state index >= 15 is 0 Å². The molecule has 2 aromatic heterocycles. The molecule has 6 nitrogen and oxygen atoms in total. The molecule has 1 aliphatic carbocycles. The van der Waals surface area contributed by atoms with Gasteiger partial charge in [-0.25, -0.2) is 0 Å². The van der Waals surface area contributed by atoms with E-state index in [1.54, 1.807) is 36.4 Å². The summed E-state index contributed by atoms with van der Waals surface area (Å²) in [5, 5.41) is 22.3. The molecule has 0 unspecified atom stereocenters. The van der Waals surface area contributed by atoms with Gasteiger partial charge < -0.3 is 9.73 Å². The van der Waals surface area contributed by atoms with E-state index in [9.17, 15) is 20.1 Å². The van der Waals surface area contributed by atoms with Crippen LogP contribution >= 0.6 is 11.3 Å². The van der Waals surface area contributed by atoms with Gasteiger partial charge >= 0.3 is 0 Å². The number of carbonyl (C=O) groups is 2. The summed E-state index contributed by atoms with van der Waals surface area (Å²) in [6.45, 7) is 1.50. The number of fused-ring (bicyclic) bond motifs is 1. The third-order valence-corrected chi connectivity index (χ3v) is 6.57. The quantitative estimate of drug-likeness (QED) is 0.319. The van der Waals surface area contributed by atoms with Crippen LogP contribution in [0.2, 0.25) is 0 Å². The number of anilines is 1. The average Bonchev–Trinajstić information content (AvgIpc) is 3.41. The van der Waals surface area contributed by atoms with E-state index in [4.69, 9.17) is 4.42 Å². The maximum atomic E-state index is 12.7. The Labute approximate surface area is 189 Å². The highest BCUT2D eigenvalue weighted by Gasteiger charge is 2.23. The van der Waals surface area contributed by atoms with Gasteiger partial charge in [-0.15, -0.1) is 11.3 Å². The molecule has 0 aliphatic heterocycles. The number of thiophene rings is 1. The summed E-state index contributed by atoms with van der Waals surface area (Å²) in [5.74, 6) is 0.317. The van der Waals surface area contributed by atoms with Crippen molar-refractivity contribution in [3.8, 4) is 23.5 Å². The Morgan fingerprint density at radius 2 is 1.84 bits per heavy atom. The van der Waals surface area contributed by atoms with Gasteiger partial charge in [0.15, 0.2) is 5.78 Å². The number of amides is 1. The number of furan rings is 1. The Balaban J connectivity index is 1.54. The number of nitrogens with one attached hydrogen (secondary N) is 1. The molecule has 0 fully saturated rings. The van der Waals surface area contributed by atoms with Crippen molar-refractivity contribution in [3.05, 3.63) is 69.3 Å². The van der Waals surface area contributed by atoms with Crippen LogP contribution in [0.25, 0.3) is 17.4 Å². The van der Waals surface area contributed by atoms with Gasteiger partial charge in [0.2, 0.25) is 0 Å². The Morgan fingerprint density at radius 1 is 1.09 bits per heavy atom. The van der Waals surface area contributed by atoms with Crippen LogP contribution in [-0.2, 0) is 17.6 Å². The van der Waals surface area contributed by atoms with E-state index in [1.165, 1.54) is 24.3 Å². The molecule has 0 saturated heterocycles. The minimum Gasteiger partial charge on any atom is -0.457 e. The number of carbonyl (C=O) groups excluding carboxylic acids is 2. The zero-order chi connectivity index (χ0) is 22.7. The molecule has 158 valence electrons. The van der Waals surface area contributed by atoms with E-state index in [0.717, 1.165) is 41.7 Å². The van der Waals surface area contributed by atoms with Gasteiger partial charge in [-0.05, 0) is 50.3 Å². The summed E-state index contributed by atoms with van der Waals surface area (Å²) in [6, 6.07) is 14.5. The maximum Gasteiger partial charge on any atom is 0.267 e. The van der Waals surface area contributed by atoms with Crippen molar-refractivity contribution in [2.45, 2.75) is 32.6 Å². The molecule has 0 bridgehead atoms. The van der Waals surface area contributed by atoms with Crippen LogP contribution in [0.5, 0.6) is 0 Å². The largest absolute Gasteiger partial charge is 0.457 e. The minimum absolute atomic E-state index is 0.0181. The molecule has 7 heteroatoms. The van der Waals surface area contributed by atoms with Gasteiger partial charge in [0.05, 0.1) is 5.56 Å². The first-order valence-corrected chi connectivity index (χ1v) is 11.0. The molecule has 4 rings (SSSR count). The number of benzene rings is 1. The summed E-state index contributed by atoms with van der Waals surface area (Å²) in [7, 11) is 0. The molecule has 2 heterocycles. The van der Waals surface area contributed by atoms with Crippen LogP contribution < -0.4 is 5.32 Å². The molecular weight excluding hydrogens is 422 g/mol. The van der Waals surface area contributed by atoms with E-state index < -0.39 is 5.91 Å². The lowest BCUT2D eigenvalue weighted by molar-refractivity contribution is -0.112. The van der Waals surface area contributed by atoms with Crippen LogP contribution in [0.4, 0.5) is 5.00 Å². The maximum absolute atomic E-state index is 12.7. The van der Waals surface area contributed by atoms with Crippen LogP contribution in [-0.4, -0.2) is 11.7 Å². The highest BCUT2D eigenvalue weighted by molar-refractivity contribution is 7.16. The molecule has 1 aromatic carbocycles. The lowest BCUT2D eigenvalue weighted by atomic mass is 9.96. The number of nitriles is 2. The van der Waals surface area contributed by atoms with Crippen LogP contribution in [0.3, 0.4) is 0 Å². The van der Waals surface area contributed by atoms with Crippen molar-refractivity contribution in [2.75, 3.05) is 5.32 Å². The summed E-state index contributed by atoms with van der Waals surface area (Å²) < 4.78 is 5.77.